The molecule has 30 heavy (non-hydrogen) atoms. The number of nitrogens with one attached hydrogen (secondary N) is 2. The molecule has 3 aromatic carbocycles. The van der Waals surface area contributed by atoms with Crippen molar-refractivity contribution in [1.82, 2.24) is 5.32 Å². The van der Waals surface area contributed by atoms with Gasteiger partial charge in [0.05, 0.1) is 17.6 Å². The van der Waals surface area contributed by atoms with Gasteiger partial charge in [-0.05, 0) is 35.0 Å². The van der Waals surface area contributed by atoms with E-state index in [1.165, 1.54) is 13.2 Å². The molecule has 3 aromatic rings. The summed E-state index contributed by atoms with van der Waals surface area (Å²) < 4.78 is 5.39. The van der Waals surface area contributed by atoms with Gasteiger partial charge < -0.3 is 20.3 Å². The van der Waals surface area contributed by atoms with Gasteiger partial charge in [0.2, 0.25) is 0 Å². The first-order valence-corrected chi connectivity index (χ1v) is 9.69. The van der Waals surface area contributed by atoms with Crippen LogP contribution in [-0.4, -0.2) is 44.1 Å². The minimum atomic E-state index is -0.413. The summed E-state index contributed by atoms with van der Waals surface area (Å²) in [5.41, 5.74) is 1.26. The molecule has 0 unspecified atom stereocenters. The van der Waals surface area contributed by atoms with Crippen molar-refractivity contribution in [2.45, 2.75) is 0 Å². The first-order valence-electron chi connectivity index (χ1n) is 9.69. The number of amides is 1. The molecule has 2 N–H and O–H groups in total. The number of nitro benzene ring substituents is 1. The van der Waals surface area contributed by atoms with Gasteiger partial charge in [-0.25, -0.2) is 0 Å². The van der Waals surface area contributed by atoms with Crippen molar-refractivity contribution in [3.8, 4) is 5.75 Å². The number of anilines is 2. The second-order valence-electron chi connectivity index (χ2n) is 7.05. The van der Waals surface area contributed by atoms with E-state index in [0.717, 1.165) is 23.9 Å². The van der Waals surface area contributed by atoms with Crippen LogP contribution in [0.4, 0.5) is 17.1 Å². The maximum atomic E-state index is 12.9. The molecule has 1 aliphatic heterocycles. The summed E-state index contributed by atoms with van der Waals surface area (Å²) in [6, 6.07) is 16.0. The van der Waals surface area contributed by atoms with Crippen LogP contribution in [-0.2, 0) is 0 Å². The first kappa shape index (κ1) is 19.7. The average Bonchev–Trinajstić information content (AvgIpc) is 2.78. The monoisotopic (exact) mass is 406 g/mol. The molecule has 0 saturated carbocycles. The maximum absolute atomic E-state index is 12.9. The lowest BCUT2D eigenvalue weighted by atomic mass is 10.1. The summed E-state index contributed by atoms with van der Waals surface area (Å²) in [5.74, 6) is 0.0555. The fourth-order valence-corrected chi connectivity index (χ4v) is 3.68. The standard InChI is InChI=1S/C22H22N4O4/c1-30-21-13-16-5-3-2-4-15(16)12-18(21)22(27)24-17-6-7-19(20(14-17)26(28)29)25-10-8-23-9-11-25/h2-7,12-14,23H,8-11H2,1H3,(H,24,27). The summed E-state index contributed by atoms with van der Waals surface area (Å²) in [4.78, 5) is 26.1. The van der Waals surface area contributed by atoms with Gasteiger partial charge in [-0.1, -0.05) is 24.3 Å². The smallest absolute Gasteiger partial charge is 0.294 e. The molecule has 8 nitrogen and oxygen atoms in total. The van der Waals surface area contributed by atoms with Crippen LogP contribution in [0.1, 0.15) is 10.4 Å². The highest BCUT2D eigenvalue weighted by atomic mass is 16.6. The van der Waals surface area contributed by atoms with E-state index >= 15 is 0 Å². The zero-order chi connectivity index (χ0) is 21.1. The molecule has 0 aromatic heterocycles. The average molecular weight is 406 g/mol. The molecule has 0 spiro atoms. The van der Waals surface area contributed by atoms with Crippen LogP contribution in [0, 0.1) is 10.1 Å². The van der Waals surface area contributed by atoms with Crippen molar-refractivity contribution < 1.29 is 14.5 Å². The van der Waals surface area contributed by atoms with Gasteiger partial charge in [0, 0.05) is 37.9 Å². The van der Waals surface area contributed by atoms with Gasteiger partial charge in [0.15, 0.2) is 0 Å². The van der Waals surface area contributed by atoms with Crippen molar-refractivity contribution in [1.29, 1.82) is 0 Å². The predicted molar refractivity (Wildman–Crippen MR) is 117 cm³/mol. The van der Waals surface area contributed by atoms with E-state index in [1.807, 2.05) is 29.2 Å². The number of rotatable bonds is 5. The van der Waals surface area contributed by atoms with Crippen LogP contribution in [0.25, 0.3) is 10.8 Å². The highest BCUT2D eigenvalue weighted by Crippen LogP contribution is 2.32. The Labute approximate surface area is 173 Å². The molecule has 1 aliphatic rings. The minimum absolute atomic E-state index is 0.0276. The molecule has 0 radical (unpaired) electrons. The largest absolute Gasteiger partial charge is 0.496 e. The Bertz CT molecular complexity index is 1110. The van der Waals surface area contributed by atoms with Crippen molar-refractivity contribution in [2.75, 3.05) is 43.5 Å². The van der Waals surface area contributed by atoms with E-state index in [2.05, 4.69) is 10.6 Å². The Hall–Kier alpha value is -3.65. The second kappa shape index (κ2) is 8.38. The molecule has 154 valence electrons. The lowest BCUT2D eigenvalue weighted by molar-refractivity contribution is -0.384. The molecule has 1 heterocycles. The summed E-state index contributed by atoms with van der Waals surface area (Å²) in [6.07, 6.45) is 0. The van der Waals surface area contributed by atoms with Crippen LogP contribution >= 0.6 is 0 Å². The molecule has 4 rings (SSSR count). The maximum Gasteiger partial charge on any atom is 0.294 e. The summed E-state index contributed by atoms with van der Waals surface area (Å²) >= 11 is 0. The fourth-order valence-electron chi connectivity index (χ4n) is 3.68. The lowest BCUT2D eigenvalue weighted by Gasteiger charge is -2.29. The molecule has 0 bridgehead atoms. The van der Waals surface area contributed by atoms with Crippen molar-refractivity contribution in [3.05, 3.63) is 70.3 Å². The summed E-state index contributed by atoms with van der Waals surface area (Å²) in [6.45, 7) is 2.94. The minimum Gasteiger partial charge on any atom is -0.496 e. The highest BCUT2D eigenvalue weighted by Gasteiger charge is 2.22. The quantitative estimate of drug-likeness (QED) is 0.498. The van der Waals surface area contributed by atoms with Gasteiger partial charge in [-0.3, -0.25) is 14.9 Å². The molecule has 0 atom stereocenters. The number of nitro groups is 1. The molecule has 1 amide bonds. The van der Waals surface area contributed by atoms with Gasteiger partial charge in [-0.15, -0.1) is 0 Å². The topological polar surface area (TPSA) is 96.7 Å². The predicted octanol–water partition coefficient (Wildman–Crippen LogP) is 3.42. The Morgan fingerprint density at radius 3 is 2.47 bits per heavy atom. The molecule has 1 saturated heterocycles. The van der Waals surface area contributed by atoms with Crippen LogP contribution in [0.2, 0.25) is 0 Å². The van der Waals surface area contributed by atoms with E-state index in [1.54, 1.807) is 24.3 Å². The van der Waals surface area contributed by atoms with Gasteiger partial charge in [0.25, 0.3) is 11.6 Å². The highest BCUT2D eigenvalue weighted by molar-refractivity contribution is 6.09. The third kappa shape index (κ3) is 3.90. The van der Waals surface area contributed by atoms with Gasteiger partial charge in [0.1, 0.15) is 11.4 Å². The number of hydrogen-bond donors (Lipinski definition) is 2. The number of piperazine rings is 1. The summed E-state index contributed by atoms with van der Waals surface area (Å²) in [7, 11) is 1.51. The third-order valence-electron chi connectivity index (χ3n) is 5.20. The van der Waals surface area contributed by atoms with Crippen molar-refractivity contribution >= 4 is 33.7 Å². The molecule has 1 fully saturated rings. The second-order valence-corrected chi connectivity index (χ2v) is 7.05. The third-order valence-corrected chi connectivity index (χ3v) is 5.20. The fraction of sp³-hybridized carbons (Fsp3) is 0.227. The van der Waals surface area contributed by atoms with E-state index < -0.39 is 4.92 Å². The van der Waals surface area contributed by atoms with E-state index in [9.17, 15) is 14.9 Å². The van der Waals surface area contributed by atoms with Crippen molar-refractivity contribution in [2.24, 2.45) is 0 Å². The van der Waals surface area contributed by atoms with Gasteiger partial charge >= 0.3 is 0 Å². The summed E-state index contributed by atoms with van der Waals surface area (Å²) in [5, 5.41) is 19.5. The van der Waals surface area contributed by atoms with E-state index in [4.69, 9.17) is 4.74 Å². The Morgan fingerprint density at radius 1 is 1.10 bits per heavy atom. The zero-order valence-corrected chi connectivity index (χ0v) is 16.6. The van der Waals surface area contributed by atoms with Crippen molar-refractivity contribution in [3.63, 3.8) is 0 Å². The Balaban J connectivity index is 1.64. The SMILES string of the molecule is COc1cc2ccccc2cc1C(=O)Nc1ccc(N2CCNCC2)c([N+](=O)[O-])c1. The Morgan fingerprint density at radius 2 is 1.80 bits per heavy atom. The zero-order valence-electron chi connectivity index (χ0n) is 16.6. The number of carbonyl (C=O) groups is 1. The first-order chi connectivity index (χ1) is 14.6. The van der Waals surface area contributed by atoms with E-state index in [-0.39, 0.29) is 11.6 Å². The number of hydrogen-bond acceptors (Lipinski definition) is 6. The van der Waals surface area contributed by atoms with Crippen LogP contribution in [0.15, 0.2) is 54.6 Å². The number of nitrogens with zero attached hydrogens (tertiary/aromatic N) is 2. The Kier molecular flexibility index (Phi) is 5.49. The number of benzene rings is 3. The van der Waals surface area contributed by atoms with Gasteiger partial charge in [-0.2, -0.15) is 0 Å². The molecular formula is C22H22N4O4. The van der Waals surface area contributed by atoms with E-state index in [0.29, 0.717) is 35.8 Å². The van der Waals surface area contributed by atoms with Crippen LogP contribution in [0.5, 0.6) is 5.75 Å². The normalized spacial score (nSPS) is 13.8. The number of fused-ring (bicyclic) bond motifs is 1. The molecular weight excluding hydrogens is 384 g/mol. The van der Waals surface area contributed by atoms with Crippen LogP contribution in [0.3, 0.4) is 0 Å². The number of methoxy groups -OCH3 is 1. The lowest BCUT2D eigenvalue weighted by Crippen LogP contribution is -2.43. The molecule has 8 heteroatoms. The number of carbonyl (C=O) groups excluding carboxylic acids is 1. The number of ether oxygens (including phenoxy) is 1. The molecule has 0 aliphatic carbocycles. The van der Waals surface area contributed by atoms with Crippen LogP contribution < -0.4 is 20.3 Å².